The molecule has 0 N–H and O–H groups in total. The van der Waals surface area contributed by atoms with Gasteiger partial charge in [0.1, 0.15) is 0 Å². The van der Waals surface area contributed by atoms with E-state index in [0.717, 1.165) is 18.9 Å². The fourth-order valence-electron chi connectivity index (χ4n) is 3.95. The van der Waals surface area contributed by atoms with Gasteiger partial charge in [0.05, 0.1) is 6.61 Å². The van der Waals surface area contributed by atoms with Crippen LogP contribution in [0, 0.1) is 0 Å². The number of hydrogen-bond acceptors (Lipinski definition) is 4. The molecular weight excluding hydrogens is 416 g/mol. The van der Waals surface area contributed by atoms with Crippen molar-refractivity contribution in [1.82, 2.24) is 0 Å². The van der Waals surface area contributed by atoms with Crippen LogP contribution in [0.4, 0.5) is 0 Å². The van der Waals surface area contributed by atoms with Crippen molar-refractivity contribution in [3.05, 3.63) is 12.2 Å². The van der Waals surface area contributed by atoms with E-state index in [1.54, 1.807) is 21.1 Å². The van der Waals surface area contributed by atoms with Crippen LogP contribution in [0.25, 0.3) is 0 Å². The van der Waals surface area contributed by atoms with Crippen LogP contribution in [0.2, 0.25) is 12.6 Å². The maximum atomic E-state index is 11.2. The SMILES string of the molecule is C=C(C)C(=O)OCCCCCCCCCCCCCCCCCCCC[Si](C)(OC)OC. The molecule has 0 aliphatic carbocycles. The molecule has 0 aromatic rings. The number of hydrogen-bond donors (Lipinski definition) is 0. The minimum absolute atomic E-state index is 0.258. The fraction of sp³-hybridized carbons (Fsp3) is 0.889. The second-order valence-corrected chi connectivity index (χ2v) is 13.2. The topological polar surface area (TPSA) is 44.8 Å². The molecule has 5 heteroatoms. The molecule has 0 radical (unpaired) electrons. The molecule has 0 rings (SSSR count). The van der Waals surface area contributed by atoms with Gasteiger partial charge in [0, 0.05) is 19.8 Å². The predicted octanol–water partition coefficient (Wildman–Crippen LogP) is 8.49. The Balaban J connectivity index is 3.17. The first-order chi connectivity index (χ1) is 15.4. The van der Waals surface area contributed by atoms with Gasteiger partial charge in [0.2, 0.25) is 0 Å². The van der Waals surface area contributed by atoms with Crippen LogP contribution in [0.1, 0.15) is 122 Å². The van der Waals surface area contributed by atoms with Crippen LogP contribution in [0.5, 0.6) is 0 Å². The third-order valence-electron chi connectivity index (χ3n) is 6.47. The van der Waals surface area contributed by atoms with Gasteiger partial charge >= 0.3 is 14.5 Å². The summed E-state index contributed by atoms with van der Waals surface area (Å²) in [6.07, 6.45) is 24.0. The average Bonchev–Trinajstić information content (AvgIpc) is 2.79. The Hall–Kier alpha value is -0.653. The molecule has 0 fully saturated rings. The zero-order valence-electron chi connectivity index (χ0n) is 22.0. The van der Waals surface area contributed by atoms with Crippen LogP contribution < -0.4 is 0 Å². The number of esters is 1. The first-order valence-electron chi connectivity index (χ1n) is 13.4. The lowest BCUT2D eigenvalue weighted by atomic mass is 10.0. The molecule has 0 bridgehead atoms. The molecule has 4 nitrogen and oxygen atoms in total. The fourth-order valence-corrected chi connectivity index (χ4v) is 5.42. The molecule has 190 valence electrons. The maximum absolute atomic E-state index is 11.2. The summed E-state index contributed by atoms with van der Waals surface area (Å²) in [4.78, 5) is 11.2. The van der Waals surface area contributed by atoms with Gasteiger partial charge < -0.3 is 13.6 Å². The highest BCUT2D eigenvalue weighted by Gasteiger charge is 2.27. The van der Waals surface area contributed by atoms with E-state index in [1.165, 1.54) is 103 Å². The Bertz CT molecular complexity index is 449. The summed E-state index contributed by atoms with van der Waals surface area (Å²) in [5.74, 6) is -0.258. The van der Waals surface area contributed by atoms with Gasteiger partial charge in [-0.1, -0.05) is 116 Å². The molecule has 0 aromatic heterocycles. The molecule has 0 heterocycles. The molecule has 32 heavy (non-hydrogen) atoms. The monoisotopic (exact) mass is 470 g/mol. The van der Waals surface area contributed by atoms with Crippen molar-refractivity contribution in [2.45, 2.75) is 135 Å². The minimum atomic E-state index is -1.83. The molecule has 0 aliphatic heterocycles. The smallest absolute Gasteiger partial charge is 0.334 e. The molecule has 0 aliphatic rings. The Morgan fingerprint density at radius 2 is 0.938 bits per heavy atom. The van der Waals surface area contributed by atoms with Gasteiger partial charge in [-0.3, -0.25) is 0 Å². The lowest BCUT2D eigenvalue weighted by Crippen LogP contribution is -2.35. The Morgan fingerprint density at radius 3 is 1.25 bits per heavy atom. The van der Waals surface area contributed by atoms with E-state index in [4.69, 9.17) is 13.6 Å². The third-order valence-corrected chi connectivity index (χ3v) is 9.46. The quantitative estimate of drug-likeness (QED) is 0.0614. The molecule has 0 spiro atoms. The lowest BCUT2D eigenvalue weighted by molar-refractivity contribution is -0.139. The van der Waals surface area contributed by atoms with E-state index in [2.05, 4.69) is 13.1 Å². The van der Waals surface area contributed by atoms with Gasteiger partial charge in [0.15, 0.2) is 0 Å². The number of carbonyl (C=O) groups excluding carboxylic acids is 1. The van der Waals surface area contributed by atoms with Crippen molar-refractivity contribution < 1.29 is 18.4 Å². The second-order valence-electron chi connectivity index (χ2n) is 9.57. The van der Waals surface area contributed by atoms with Crippen molar-refractivity contribution in [3.8, 4) is 0 Å². The zero-order valence-corrected chi connectivity index (χ0v) is 23.0. The standard InChI is InChI=1S/C27H54O4Si/c1-26(2)27(28)31-24-22-20-18-16-14-12-10-8-6-7-9-11-13-15-17-19-21-23-25-32(5,29-3)30-4/h1,6-25H2,2-5H3. The summed E-state index contributed by atoms with van der Waals surface area (Å²) in [5, 5.41) is 0. The van der Waals surface area contributed by atoms with Crippen molar-refractivity contribution in [2.75, 3.05) is 20.8 Å². The normalized spacial score (nSPS) is 11.6. The minimum Gasteiger partial charge on any atom is -0.462 e. The highest BCUT2D eigenvalue weighted by Crippen LogP contribution is 2.18. The van der Waals surface area contributed by atoms with E-state index >= 15 is 0 Å². The summed E-state index contributed by atoms with van der Waals surface area (Å²) in [6.45, 7) is 7.97. The summed E-state index contributed by atoms with van der Waals surface area (Å²) in [6, 6.07) is 1.12. The van der Waals surface area contributed by atoms with Crippen molar-refractivity contribution in [1.29, 1.82) is 0 Å². The Morgan fingerprint density at radius 1 is 0.625 bits per heavy atom. The average molecular weight is 471 g/mol. The molecule has 0 amide bonds. The van der Waals surface area contributed by atoms with Crippen LogP contribution in [-0.4, -0.2) is 35.4 Å². The molecule has 0 unspecified atom stereocenters. The first kappa shape index (κ1) is 31.3. The highest BCUT2D eigenvalue weighted by atomic mass is 28.4. The summed E-state index contributed by atoms with van der Waals surface area (Å²) in [7, 11) is 1.74. The van der Waals surface area contributed by atoms with E-state index in [0.29, 0.717) is 12.2 Å². The van der Waals surface area contributed by atoms with Crippen molar-refractivity contribution in [2.24, 2.45) is 0 Å². The first-order valence-corrected chi connectivity index (χ1v) is 15.9. The Labute approximate surface area is 201 Å². The maximum Gasteiger partial charge on any atom is 0.334 e. The number of unbranched alkanes of at least 4 members (excludes halogenated alkanes) is 17. The molecule has 0 aromatic carbocycles. The van der Waals surface area contributed by atoms with E-state index in [1.807, 2.05) is 0 Å². The van der Waals surface area contributed by atoms with E-state index in [9.17, 15) is 4.79 Å². The lowest BCUT2D eigenvalue weighted by Gasteiger charge is -2.22. The van der Waals surface area contributed by atoms with Gasteiger partial charge in [0.25, 0.3) is 0 Å². The third kappa shape index (κ3) is 20.0. The van der Waals surface area contributed by atoms with Crippen LogP contribution >= 0.6 is 0 Å². The van der Waals surface area contributed by atoms with E-state index < -0.39 is 8.56 Å². The number of ether oxygens (including phenoxy) is 1. The van der Waals surface area contributed by atoms with Crippen LogP contribution in [-0.2, 0) is 18.4 Å². The van der Waals surface area contributed by atoms with E-state index in [-0.39, 0.29) is 5.97 Å². The Kier molecular flexibility index (Phi) is 21.7. The molecule has 0 saturated carbocycles. The van der Waals surface area contributed by atoms with Gasteiger partial charge in [-0.2, -0.15) is 0 Å². The van der Waals surface area contributed by atoms with Crippen molar-refractivity contribution in [3.63, 3.8) is 0 Å². The predicted molar refractivity (Wildman–Crippen MR) is 139 cm³/mol. The van der Waals surface area contributed by atoms with Gasteiger partial charge in [-0.15, -0.1) is 0 Å². The molecule has 0 atom stereocenters. The number of rotatable bonds is 24. The van der Waals surface area contributed by atoms with Crippen molar-refractivity contribution >= 4 is 14.5 Å². The number of carbonyl (C=O) groups is 1. The van der Waals surface area contributed by atoms with Crippen LogP contribution in [0.3, 0.4) is 0 Å². The molecule has 0 saturated heterocycles. The zero-order chi connectivity index (χ0) is 23.9. The second kappa shape index (κ2) is 22.2. The van der Waals surface area contributed by atoms with Gasteiger partial charge in [-0.05, 0) is 25.9 Å². The van der Waals surface area contributed by atoms with Gasteiger partial charge in [-0.25, -0.2) is 4.79 Å². The summed E-state index contributed by atoms with van der Waals surface area (Å²) >= 11 is 0. The summed E-state index contributed by atoms with van der Waals surface area (Å²) < 4.78 is 16.2. The highest BCUT2D eigenvalue weighted by molar-refractivity contribution is 6.65. The van der Waals surface area contributed by atoms with Crippen LogP contribution in [0.15, 0.2) is 12.2 Å². The molecular formula is C27H54O4Si. The largest absolute Gasteiger partial charge is 0.462 e. The summed E-state index contributed by atoms with van der Waals surface area (Å²) in [5.41, 5.74) is 0.488.